The molecule has 98 valence electrons. The minimum atomic E-state index is 0.288. The van der Waals surface area contributed by atoms with Gasteiger partial charge in [-0.3, -0.25) is 0 Å². The van der Waals surface area contributed by atoms with E-state index < -0.39 is 0 Å². The molecule has 0 aliphatic carbocycles. The van der Waals surface area contributed by atoms with Crippen molar-refractivity contribution in [1.82, 2.24) is 0 Å². The maximum atomic E-state index is 2.64. The van der Waals surface area contributed by atoms with Gasteiger partial charge in [-0.2, -0.15) is 0 Å². The lowest BCUT2D eigenvalue weighted by Gasteiger charge is -2.34. The first kappa shape index (κ1) is 20.4. The highest BCUT2D eigenvalue weighted by atomic mass is 127. The third-order valence-corrected chi connectivity index (χ3v) is 18.1. The largest absolute Gasteiger partial charge is 0.148 e. The van der Waals surface area contributed by atoms with Gasteiger partial charge in [0.2, 0.25) is 0 Å². The summed E-state index contributed by atoms with van der Waals surface area (Å²) >= 11 is 15.6. The van der Waals surface area contributed by atoms with Gasteiger partial charge in [-0.1, -0.05) is 175 Å². The zero-order chi connectivity index (χ0) is 12.8. The van der Waals surface area contributed by atoms with Crippen LogP contribution in [0.2, 0.25) is 0 Å². The molecule has 1 atom stereocenters. The molecule has 0 saturated carbocycles. The van der Waals surface area contributed by atoms with E-state index in [4.69, 9.17) is 0 Å². The molecule has 0 nitrogen and oxygen atoms in total. The fourth-order valence-electron chi connectivity index (χ4n) is 1.29. The Hall–Kier alpha value is 4.38. The maximum Gasteiger partial charge on any atom is 0.148 e. The SMILES string of the molecule is CCCCCCCC(I)C(I)(I)C(I)(I)I. The van der Waals surface area contributed by atoms with Crippen molar-refractivity contribution in [3.63, 3.8) is 0 Å². The third kappa shape index (κ3) is 7.98. The van der Waals surface area contributed by atoms with Crippen molar-refractivity contribution in [3.05, 3.63) is 0 Å². The topological polar surface area (TPSA) is 0 Å². The quantitative estimate of drug-likeness (QED) is 0.133. The van der Waals surface area contributed by atoms with E-state index >= 15 is 0 Å². The lowest BCUT2D eigenvalue weighted by Crippen LogP contribution is -2.36. The summed E-state index contributed by atoms with van der Waals surface area (Å²) in [6.07, 6.45) is 8.32. The highest BCUT2D eigenvalue weighted by Crippen LogP contribution is 2.58. The van der Waals surface area contributed by atoms with E-state index in [9.17, 15) is 0 Å². The molecule has 0 N–H and O–H groups in total. The summed E-state index contributed by atoms with van der Waals surface area (Å²) in [7, 11) is 0. The Morgan fingerprint density at radius 1 is 0.875 bits per heavy atom. The zero-order valence-electron chi connectivity index (χ0n) is 9.09. The summed E-state index contributed by atoms with van der Waals surface area (Å²) in [5, 5.41) is 0. The summed E-state index contributed by atoms with van der Waals surface area (Å²) < 4.78 is 1.37. The van der Waals surface area contributed by atoms with Crippen LogP contribution in [0.4, 0.5) is 0 Å². The standard InChI is InChI=1S/C10H16I6/c1-2-3-4-5-6-7-8(11)9(12,13)10(14,15)16/h8H,2-7H2,1H3. The van der Waals surface area contributed by atoms with Crippen LogP contribution in [0.25, 0.3) is 0 Å². The maximum absolute atomic E-state index is 2.64. The van der Waals surface area contributed by atoms with Gasteiger partial charge in [0.05, 0.1) is 0 Å². The Labute approximate surface area is 182 Å². The van der Waals surface area contributed by atoms with Crippen LogP contribution in [0.5, 0.6) is 0 Å². The highest BCUT2D eigenvalue weighted by Gasteiger charge is 2.47. The molecular weight excluding hydrogens is 882 g/mol. The molecule has 0 fully saturated rings. The normalized spacial score (nSPS) is 15.2. The van der Waals surface area contributed by atoms with Crippen LogP contribution in [0.3, 0.4) is 0 Å². The molecule has 0 aromatic carbocycles. The van der Waals surface area contributed by atoms with Crippen LogP contribution in [0, 0.1) is 0 Å². The van der Waals surface area contributed by atoms with Crippen LogP contribution in [-0.2, 0) is 0 Å². The van der Waals surface area contributed by atoms with Crippen molar-refractivity contribution in [2.75, 3.05) is 0 Å². The molecule has 0 aromatic rings. The summed E-state index contributed by atoms with van der Waals surface area (Å²) in [5.41, 5.74) is 0. The zero-order valence-corrected chi connectivity index (χ0v) is 22.0. The second kappa shape index (κ2) is 10.2. The molecule has 0 bridgehead atoms. The van der Waals surface area contributed by atoms with E-state index in [-0.39, 0.29) is -0.565 Å². The summed E-state index contributed by atoms with van der Waals surface area (Å²) in [6, 6.07) is 0. The number of rotatable bonds is 8. The summed E-state index contributed by atoms with van der Waals surface area (Å²) in [5.74, 6) is 0. The molecule has 0 aromatic heterocycles. The van der Waals surface area contributed by atoms with Crippen LogP contribution >= 0.6 is 136 Å². The van der Waals surface area contributed by atoms with Crippen molar-refractivity contribution in [2.45, 2.75) is 50.2 Å². The Morgan fingerprint density at radius 2 is 1.38 bits per heavy atom. The predicted octanol–water partition coefficient (Wildman–Crippen LogP) is 7.68. The number of halogens is 6. The molecule has 0 aliphatic rings. The average Bonchev–Trinajstić information content (AvgIpc) is 2.15. The first-order chi connectivity index (χ1) is 7.23. The molecule has 0 saturated heterocycles. The van der Waals surface area contributed by atoms with Gasteiger partial charge in [0.25, 0.3) is 0 Å². The Morgan fingerprint density at radius 3 is 1.81 bits per heavy atom. The van der Waals surface area contributed by atoms with E-state index in [1.54, 1.807) is 0 Å². The van der Waals surface area contributed by atoms with Crippen LogP contribution < -0.4 is 0 Å². The van der Waals surface area contributed by atoms with Gasteiger partial charge < -0.3 is 0 Å². The van der Waals surface area contributed by atoms with Gasteiger partial charge in [-0.15, -0.1) is 0 Å². The van der Waals surface area contributed by atoms with Crippen LogP contribution in [0.15, 0.2) is 0 Å². The monoisotopic (exact) mass is 898 g/mol. The molecular formula is C10H16I6. The second-order valence-electron chi connectivity index (χ2n) is 3.79. The first-order valence-corrected chi connectivity index (χ1v) is 12.0. The van der Waals surface area contributed by atoms with Crippen LogP contribution in [0.1, 0.15) is 45.4 Å². The predicted molar refractivity (Wildman–Crippen MR) is 127 cm³/mol. The molecule has 16 heavy (non-hydrogen) atoms. The van der Waals surface area contributed by atoms with Gasteiger partial charge >= 0.3 is 0 Å². The van der Waals surface area contributed by atoms with Crippen molar-refractivity contribution in [2.24, 2.45) is 0 Å². The minimum Gasteiger partial charge on any atom is -0.0802 e. The second-order valence-corrected chi connectivity index (χ2v) is 21.8. The number of hydrogen-bond donors (Lipinski definition) is 0. The minimum absolute atomic E-state index is 0.288. The van der Waals surface area contributed by atoms with E-state index in [2.05, 4.69) is 142 Å². The van der Waals surface area contributed by atoms with Crippen LogP contribution in [-0.4, -0.2) is 4.79 Å². The van der Waals surface area contributed by atoms with Gasteiger partial charge in [0.1, 0.15) is 0.864 Å². The summed E-state index contributed by atoms with van der Waals surface area (Å²) in [6.45, 7) is 2.28. The van der Waals surface area contributed by atoms with Gasteiger partial charge in [0, 0.05) is 3.92 Å². The fourth-order valence-corrected chi connectivity index (χ4v) is 5.73. The smallest absolute Gasteiger partial charge is 0.0802 e. The number of alkyl halides is 6. The molecule has 0 aliphatic heterocycles. The fraction of sp³-hybridized carbons (Fsp3) is 1.00. The third-order valence-electron chi connectivity index (χ3n) is 2.33. The van der Waals surface area contributed by atoms with Gasteiger partial charge in [-0.25, -0.2) is 0 Å². The Bertz CT molecular complexity index is 186. The van der Waals surface area contributed by atoms with E-state index in [1.807, 2.05) is 0 Å². The Balaban J connectivity index is 3.92. The lowest BCUT2D eigenvalue weighted by atomic mass is 10.1. The van der Waals surface area contributed by atoms with E-state index in [0.29, 0.717) is 1.43 Å². The van der Waals surface area contributed by atoms with Crippen molar-refractivity contribution in [3.8, 4) is 0 Å². The van der Waals surface area contributed by atoms with E-state index in [1.165, 1.54) is 38.5 Å². The van der Waals surface area contributed by atoms with E-state index in [0.717, 1.165) is 3.92 Å². The Kier molecular flexibility index (Phi) is 12.9. The van der Waals surface area contributed by atoms with Crippen molar-refractivity contribution >= 4 is 136 Å². The number of hydrogen-bond acceptors (Lipinski definition) is 0. The highest BCUT2D eigenvalue weighted by molar-refractivity contribution is 14.3. The molecule has 1 unspecified atom stereocenters. The average molecular weight is 898 g/mol. The first-order valence-electron chi connectivity index (χ1n) is 5.32. The van der Waals surface area contributed by atoms with Crippen molar-refractivity contribution < 1.29 is 0 Å². The molecule has 0 radical (unpaired) electrons. The number of unbranched alkanes of at least 4 members (excludes halogenated alkanes) is 4. The lowest BCUT2D eigenvalue weighted by molar-refractivity contribution is 0.601. The molecule has 6 heteroatoms. The molecule has 0 rings (SSSR count). The summed E-state index contributed by atoms with van der Waals surface area (Å²) in [4.78, 5) is 0. The molecule has 0 spiro atoms. The van der Waals surface area contributed by atoms with Gasteiger partial charge in [0.15, 0.2) is 0 Å². The molecule has 0 heterocycles. The van der Waals surface area contributed by atoms with Gasteiger partial charge in [-0.05, 0) is 6.42 Å². The van der Waals surface area contributed by atoms with Crippen molar-refractivity contribution in [1.29, 1.82) is 0 Å². The molecule has 0 amide bonds.